The number of piperidine rings is 1. The molecule has 2 aliphatic heterocycles. The van der Waals surface area contributed by atoms with E-state index >= 15 is 0 Å². The van der Waals surface area contributed by atoms with Crippen LogP contribution in [0.3, 0.4) is 0 Å². The minimum atomic E-state index is -0.214. The number of likely N-dealkylation sites (tertiary alicyclic amines) is 1. The number of piperazine rings is 1. The molecule has 4 rings (SSSR count). The lowest BCUT2D eigenvalue weighted by Crippen LogP contribution is -2.49. The van der Waals surface area contributed by atoms with Gasteiger partial charge >= 0.3 is 0 Å². The number of para-hydroxylation sites is 1. The smallest absolute Gasteiger partial charge is 0.253 e. The van der Waals surface area contributed by atoms with E-state index in [2.05, 4.69) is 4.90 Å². The summed E-state index contributed by atoms with van der Waals surface area (Å²) >= 11 is 0. The molecule has 0 aromatic heterocycles. The van der Waals surface area contributed by atoms with Gasteiger partial charge in [0.05, 0.1) is 12.3 Å². The van der Waals surface area contributed by atoms with E-state index in [-0.39, 0.29) is 11.7 Å². The molecule has 2 aromatic rings. The molecule has 2 heterocycles. The molecule has 0 N–H and O–H groups in total. The van der Waals surface area contributed by atoms with Crippen LogP contribution in [-0.2, 0) is 0 Å². The molecule has 2 fully saturated rings. The second-order valence-electron chi connectivity index (χ2n) is 8.36. The third-order valence-electron chi connectivity index (χ3n) is 6.20. The zero-order valence-electron chi connectivity index (χ0n) is 18.1. The number of carbonyl (C=O) groups is 1. The van der Waals surface area contributed by atoms with E-state index in [1.54, 1.807) is 12.1 Å². The number of ether oxygens (including phenoxy) is 1. The van der Waals surface area contributed by atoms with Gasteiger partial charge in [-0.1, -0.05) is 18.6 Å². The van der Waals surface area contributed by atoms with Gasteiger partial charge in [0.2, 0.25) is 0 Å². The van der Waals surface area contributed by atoms with E-state index in [0.717, 1.165) is 18.7 Å². The predicted molar refractivity (Wildman–Crippen MR) is 121 cm³/mol. The molecular formula is C25H32FN3O2. The number of anilines is 1. The topological polar surface area (TPSA) is 36.0 Å². The van der Waals surface area contributed by atoms with Crippen molar-refractivity contribution in [2.24, 2.45) is 0 Å². The van der Waals surface area contributed by atoms with Crippen LogP contribution >= 0.6 is 0 Å². The molecule has 6 heteroatoms. The second kappa shape index (κ2) is 10.6. The average Bonchev–Trinajstić information content (AvgIpc) is 2.83. The number of nitrogens with zero attached hydrogens (tertiary/aromatic N) is 3. The standard InChI is InChI=1S/C25H32FN3O2/c26-23-7-2-3-8-24(23)28-16-18-29(19-17-28)25(30)21-9-11-22(12-10-21)31-20-6-15-27-13-4-1-5-14-27/h2-3,7-12H,1,4-6,13-20H2. The minimum absolute atomic E-state index is 0.0184. The number of rotatable bonds is 7. The molecule has 0 saturated carbocycles. The van der Waals surface area contributed by atoms with E-state index in [9.17, 15) is 9.18 Å². The Kier molecular flexibility index (Phi) is 7.41. The molecule has 1 amide bonds. The van der Waals surface area contributed by atoms with Gasteiger partial charge in [-0.15, -0.1) is 0 Å². The second-order valence-corrected chi connectivity index (χ2v) is 8.36. The number of amides is 1. The minimum Gasteiger partial charge on any atom is -0.494 e. The molecule has 2 aliphatic rings. The SMILES string of the molecule is O=C(c1ccc(OCCCN2CCCCC2)cc1)N1CCN(c2ccccc2F)CC1. The summed E-state index contributed by atoms with van der Waals surface area (Å²) in [5, 5.41) is 0. The summed E-state index contributed by atoms with van der Waals surface area (Å²) in [4.78, 5) is 19.2. The Morgan fingerprint density at radius 2 is 1.58 bits per heavy atom. The van der Waals surface area contributed by atoms with Crippen molar-refractivity contribution in [1.29, 1.82) is 0 Å². The molecule has 31 heavy (non-hydrogen) atoms. The van der Waals surface area contributed by atoms with Gasteiger partial charge in [-0.2, -0.15) is 0 Å². The van der Waals surface area contributed by atoms with Gasteiger partial charge in [0.15, 0.2) is 0 Å². The van der Waals surface area contributed by atoms with Crippen LogP contribution in [0.1, 0.15) is 36.0 Å². The number of carbonyl (C=O) groups excluding carboxylic acids is 1. The number of hydrogen-bond donors (Lipinski definition) is 0. The maximum atomic E-state index is 14.0. The van der Waals surface area contributed by atoms with Crippen molar-refractivity contribution in [1.82, 2.24) is 9.80 Å². The summed E-state index contributed by atoms with van der Waals surface area (Å²) in [7, 11) is 0. The van der Waals surface area contributed by atoms with Crippen molar-refractivity contribution in [2.45, 2.75) is 25.7 Å². The van der Waals surface area contributed by atoms with Gasteiger partial charge in [0.1, 0.15) is 11.6 Å². The van der Waals surface area contributed by atoms with E-state index < -0.39 is 0 Å². The first-order chi connectivity index (χ1) is 15.2. The Hall–Kier alpha value is -2.60. The Morgan fingerprint density at radius 3 is 2.29 bits per heavy atom. The van der Waals surface area contributed by atoms with Crippen molar-refractivity contribution in [3.05, 3.63) is 59.9 Å². The fourth-order valence-electron chi connectivity index (χ4n) is 4.40. The van der Waals surface area contributed by atoms with Crippen molar-refractivity contribution < 1.29 is 13.9 Å². The van der Waals surface area contributed by atoms with Crippen LogP contribution in [0.25, 0.3) is 0 Å². The molecule has 0 radical (unpaired) electrons. The zero-order valence-corrected chi connectivity index (χ0v) is 18.1. The number of hydrogen-bond acceptors (Lipinski definition) is 4. The number of benzene rings is 2. The lowest BCUT2D eigenvalue weighted by atomic mass is 10.1. The molecule has 0 atom stereocenters. The summed E-state index contributed by atoms with van der Waals surface area (Å²) < 4.78 is 19.9. The lowest BCUT2D eigenvalue weighted by molar-refractivity contribution is 0.0746. The van der Waals surface area contributed by atoms with Crippen molar-refractivity contribution in [3.8, 4) is 5.75 Å². The van der Waals surface area contributed by atoms with E-state index in [4.69, 9.17) is 4.74 Å². The van der Waals surface area contributed by atoms with Crippen LogP contribution in [0.2, 0.25) is 0 Å². The fourth-order valence-corrected chi connectivity index (χ4v) is 4.40. The third-order valence-corrected chi connectivity index (χ3v) is 6.20. The first-order valence-electron chi connectivity index (χ1n) is 11.4. The maximum absolute atomic E-state index is 14.0. The zero-order chi connectivity index (χ0) is 21.5. The average molecular weight is 426 g/mol. The van der Waals surface area contributed by atoms with Gasteiger partial charge in [-0.3, -0.25) is 4.79 Å². The third kappa shape index (κ3) is 5.76. The van der Waals surface area contributed by atoms with E-state index in [0.29, 0.717) is 44.0 Å². The van der Waals surface area contributed by atoms with E-state index in [1.165, 1.54) is 38.4 Å². The molecule has 2 saturated heterocycles. The maximum Gasteiger partial charge on any atom is 0.253 e. The number of halogens is 1. The van der Waals surface area contributed by atoms with Crippen LogP contribution in [0.15, 0.2) is 48.5 Å². The molecule has 0 bridgehead atoms. The predicted octanol–water partition coefficient (Wildman–Crippen LogP) is 4.04. The Morgan fingerprint density at radius 1 is 0.871 bits per heavy atom. The highest BCUT2D eigenvalue weighted by Gasteiger charge is 2.23. The van der Waals surface area contributed by atoms with Gasteiger partial charge in [0.25, 0.3) is 5.91 Å². The molecule has 5 nitrogen and oxygen atoms in total. The summed E-state index contributed by atoms with van der Waals surface area (Å²) in [6, 6.07) is 14.2. The molecule has 0 aliphatic carbocycles. The van der Waals surface area contributed by atoms with E-state index in [1.807, 2.05) is 40.1 Å². The summed E-state index contributed by atoms with van der Waals surface area (Å²) in [6.07, 6.45) is 5.01. The first-order valence-corrected chi connectivity index (χ1v) is 11.4. The largest absolute Gasteiger partial charge is 0.494 e. The molecular weight excluding hydrogens is 393 g/mol. The highest BCUT2D eigenvalue weighted by molar-refractivity contribution is 5.94. The van der Waals surface area contributed by atoms with Crippen LogP contribution in [0, 0.1) is 5.82 Å². The van der Waals surface area contributed by atoms with Gasteiger partial charge in [-0.05, 0) is 68.8 Å². The van der Waals surface area contributed by atoms with Crippen molar-refractivity contribution in [3.63, 3.8) is 0 Å². The highest BCUT2D eigenvalue weighted by atomic mass is 19.1. The van der Waals surface area contributed by atoms with Gasteiger partial charge in [-0.25, -0.2) is 4.39 Å². The van der Waals surface area contributed by atoms with Crippen LogP contribution in [0.4, 0.5) is 10.1 Å². The summed E-state index contributed by atoms with van der Waals surface area (Å²) in [5.41, 5.74) is 1.27. The Bertz CT molecular complexity index is 844. The van der Waals surface area contributed by atoms with Crippen LogP contribution < -0.4 is 9.64 Å². The molecule has 2 aromatic carbocycles. The van der Waals surface area contributed by atoms with Gasteiger partial charge < -0.3 is 19.4 Å². The first kappa shape index (κ1) is 21.6. The van der Waals surface area contributed by atoms with Crippen LogP contribution in [-0.4, -0.2) is 68.1 Å². The summed E-state index contributed by atoms with van der Waals surface area (Å²) in [6.45, 7) is 6.65. The van der Waals surface area contributed by atoms with Gasteiger partial charge in [0, 0.05) is 38.3 Å². The Balaban J connectivity index is 1.22. The quantitative estimate of drug-likeness (QED) is 0.628. The fraction of sp³-hybridized carbons (Fsp3) is 0.480. The molecule has 0 spiro atoms. The lowest BCUT2D eigenvalue weighted by Gasteiger charge is -2.36. The van der Waals surface area contributed by atoms with Crippen LogP contribution in [0.5, 0.6) is 5.75 Å². The monoisotopic (exact) mass is 425 g/mol. The highest BCUT2D eigenvalue weighted by Crippen LogP contribution is 2.21. The van der Waals surface area contributed by atoms with Crippen molar-refractivity contribution in [2.75, 3.05) is 57.3 Å². The Labute approximate surface area is 184 Å². The molecule has 0 unspecified atom stereocenters. The molecule has 166 valence electrons. The summed E-state index contributed by atoms with van der Waals surface area (Å²) in [5.74, 6) is 0.609. The normalized spacial score (nSPS) is 17.6. The van der Waals surface area contributed by atoms with Crippen molar-refractivity contribution >= 4 is 11.6 Å².